The minimum absolute atomic E-state index is 0.153. The number of hydrogen-bond donors (Lipinski definition) is 0. The molecule has 8 heteroatoms. The van der Waals surface area contributed by atoms with Gasteiger partial charge in [-0.3, -0.25) is 0 Å². The summed E-state index contributed by atoms with van der Waals surface area (Å²) in [7, 11) is -4.11. The van der Waals surface area contributed by atoms with E-state index < -0.39 is 38.1 Å². The predicted molar refractivity (Wildman–Crippen MR) is 128 cm³/mol. The van der Waals surface area contributed by atoms with Gasteiger partial charge in [0.25, 0.3) is 0 Å². The molecule has 2 aliphatic rings. The largest absolute Gasteiger partial charge is 0.444 e. The Morgan fingerprint density at radius 3 is 2.66 bits per heavy atom. The second-order valence-electron chi connectivity index (χ2n) is 9.21. The topological polar surface area (TPSA) is 63.7 Å². The number of halogens is 2. The van der Waals surface area contributed by atoms with Crippen LogP contribution in [-0.2, 0) is 25.7 Å². The lowest BCUT2D eigenvalue weighted by atomic mass is 9.78. The van der Waals surface area contributed by atoms with Gasteiger partial charge in [0, 0.05) is 11.0 Å². The monoisotopic (exact) mass is 525 g/mol. The Morgan fingerprint density at radius 1 is 1.38 bits per heavy atom. The van der Waals surface area contributed by atoms with Crippen molar-refractivity contribution in [1.29, 1.82) is 0 Å². The summed E-state index contributed by atoms with van der Waals surface area (Å²) in [5.74, 6) is -0.622. The van der Waals surface area contributed by atoms with Crippen LogP contribution in [0.1, 0.15) is 51.7 Å². The van der Waals surface area contributed by atoms with Crippen molar-refractivity contribution in [2.75, 3.05) is 6.54 Å². The van der Waals surface area contributed by atoms with Crippen LogP contribution in [0.3, 0.4) is 0 Å². The highest BCUT2D eigenvalue weighted by Crippen LogP contribution is 2.53. The van der Waals surface area contributed by atoms with Crippen molar-refractivity contribution in [3.8, 4) is 0 Å². The minimum Gasteiger partial charge on any atom is -0.444 e. The van der Waals surface area contributed by atoms with Crippen LogP contribution < -0.4 is 0 Å². The zero-order valence-corrected chi connectivity index (χ0v) is 21.2. The van der Waals surface area contributed by atoms with Crippen LogP contribution in [0.5, 0.6) is 0 Å². The predicted octanol–water partition coefficient (Wildman–Crippen LogP) is 5.96. The van der Waals surface area contributed by atoms with Gasteiger partial charge in [-0.05, 0) is 82.4 Å². The van der Waals surface area contributed by atoms with Gasteiger partial charge in [-0.2, -0.15) is 0 Å². The van der Waals surface area contributed by atoms with E-state index in [1.54, 1.807) is 26.8 Å². The molecule has 1 amide bonds. The number of hydrogen-bond acceptors (Lipinski definition) is 4. The SMILES string of the molecule is C=C/C=C(\C=C(/C)F)S(=O)(=O)C12CCN(C(=O)OC(C)(C)C)C1CCc1cc(Br)ccc12. The Kier molecular flexibility index (Phi) is 6.78. The molecule has 1 aromatic carbocycles. The lowest BCUT2D eigenvalue weighted by Gasteiger charge is -2.42. The van der Waals surface area contributed by atoms with Gasteiger partial charge in [-0.25, -0.2) is 17.6 Å². The van der Waals surface area contributed by atoms with Crippen LogP contribution in [0.15, 0.2) is 58.2 Å². The Hall–Kier alpha value is -1.93. The number of rotatable bonds is 4. The van der Waals surface area contributed by atoms with Crippen molar-refractivity contribution in [1.82, 2.24) is 4.90 Å². The smallest absolute Gasteiger partial charge is 0.410 e. The Morgan fingerprint density at radius 2 is 2.06 bits per heavy atom. The highest BCUT2D eigenvalue weighted by atomic mass is 79.9. The molecule has 1 fully saturated rings. The van der Waals surface area contributed by atoms with Crippen molar-refractivity contribution >= 4 is 31.9 Å². The van der Waals surface area contributed by atoms with Crippen LogP contribution in [0, 0.1) is 0 Å². The van der Waals surface area contributed by atoms with Gasteiger partial charge in [-0.15, -0.1) is 0 Å². The third-order valence-electron chi connectivity index (χ3n) is 5.89. The fourth-order valence-corrected chi connectivity index (χ4v) is 7.65. The van der Waals surface area contributed by atoms with Crippen molar-refractivity contribution in [3.05, 3.63) is 69.3 Å². The summed E-state index contributed by atoms with van der Waals surface area (Å²) in [6.07, 6.45) is 4.41. The Balaban J connectivity index is 2.24. The molecule has 0 N–H and O–H groups in total. The number of nitrogens with zero attached hydrogens (tertiary/aromatic N) is 1. The molecule has 5 nitrogen and oxygen atoms in total. The summed E-state index contributed by atoms with van der Waals surface area (Å²) < 4.78 is 47.3. The van der Waals surface area contributed by atoms with Crippen LogP contribution in [0.25, 0.3) is 0 Å². The quantitative estimate of drug-likeness (QED) is 0.455. The van der Waals surface area contributed by atoms with Gasteiger partial charge >= 0.3 is 6.09 Å². The lowest BCUT2D eigenvalue weighted by molar-refractivity contribution is 0.0202. The fraction of sp³-hybridized carbons (Fsp3) is 0.458. The van der Waals surface area contributed by atoms with E-state index in [4.69, 9.17) is 4.74 Å². The van der Waals surface area contributed by atoms with Gasteiger partial charge in [0.2, 0.25) is 0 Å². The molecular formula is C24H29BrFNO4S. The Labute approximate surface area is 198 Å². The van der Waals surface area contributed by atoms with Crippen LogP contribution >= 0.6 is 15.9 Å². The maximum Gasteiger partial charge on any atom is 0.410 e. The van der Waals surface area contributed by atoms with E-state index in [9.17, 15) is 17.6 Å². The van der Waals surface area contributed by atoms with Gasteiger partial charge in [0.1, 0.15) is 10.3 Å². The van der Waals surface area contributed by atoms with E-state index in [1.807, 2.05) is 12.1 Å². The maximum absolute atomic E-state index is 14.2. The number of carbonyl (C=O) groups excluding carboxylic acids is 1. The molecule has 0 radical (unpaired) electrons. The number of benzene rings is 1. The van der Waals surface area contributed by atoms with E-state index in [1.165, 1.54) is 24.0 Å². The highest BCUT2D eigenvalue weighted by Gasteiger charge is 2.61. The number of amides is 1. The van der Waals surface area contributed by atoms with Crippen molar-refractivity contribution in [3.63, 3.8) is 0 Å². The molecule has 0 saturated carbocycles. The third kappa shape index (κ3) is 4.31. The molecule has 1 saturated heterocycles. The van der Waals surface area contributed by atoms with Gasteiger partial charge in [0.15, 0.2) is 9.84 Å². The molecule has 1 heterocycles. The van der Waals surface area contributed by atoms with E-state index in [0.717, 1.165) is 16.1 Å². The summed E-state index contributed by atoms with van der Waals surface area (Å²) in [6.45, 7) is 10.4. The molecule has 2 atom stereocenters. The van der Waals surface area contributed by atoms with E-state index in [-0.39, 0.29) is 17.9 Å². The molecular weight excluding hydrogens is 497 g/mol. The summed E-state index contributed by atoms with van der Waals surface area (Å²) >= 11 is 3.47. The third-order valence-corrected chi connectivity index (χ3v) is 8.91. The number of sulfone groups is 1. The molecule has 2 unspecified atom stereocenters. The number of aryl methyl sites for hydroxylation is 1. The molecule has 0 spiro atoms. The standard InChI is InChI=1S/C24H29BrFNO4S/c1-6-7-19(14-16(2)26)32(29,30)24-12-13-27(22(28)31-23(3,4)5)21(24)11-8-17-15-18(25)9-10-20(17)24/h6-7,9-10,14-15,21H,1,8,11-13H2,2-5H3/b16-14+,19-7+. The average molecular weight is 526 g/mol. The molecule has 174 valence electrons. The first-order valence-corrected chi connectivity index (χ1v) is 12.8. The lowest BCUT2D eigenvalue weighted by Crippen LogP contribution is -2.53. The average Bonchev–Trinajstić information content (AvgIpc) is 3.07. The first-order chi connectivity index (χ1) is 14.8. The molecule has 1 aliphatic carbocycles. The summed E-state index contributed by atoms with van der Waals surface area (Å²) in [6, 6.07) is 4.91. The number of carbonyl (C=O) groups is 1. The van der Waals surface area contributed by atoms with Crippen LogP contribution in [-0.4, -0.2) is 37.6 Å². The second-order valence-corrected chi connectivity index (χ2v) is 12.3. The number of ether oxygens (including phenoxy) is 1. The first kappa shape index (κ1) is 24.7. The van der Waals surface area contributed by atoms with E-state index in [0.29, 0.717) is 18.4 Å². The fourth-order valence-electron chi connectivity index (χ4n) is 4.77. The number of likely N-dealkylation sites (tertiary alicyclic amines) is 1. The summed E-state index contributed by atoms with van der Waals surface area (Å²) in [5, 5.41) is 0. The molecule has 3 rings (SSSR count). The second kappa shape index (κ2) is 8.78. The molecule has 1 aromatic rings. The van der Waals surface area contributed by atoms with Gasteiger partial charge < -0.3 is 9.64 Å². The summed E-state index contributed by atoms with van der Waals surface area (Å²) in [4.78, 5) is 14.4. The van der Waals surface area contributed by atoms with Crippen molar-refractivity contribution in [2.24, 2.45) is 0 Å². The molecule has 0 bridgehead atoms. The van der Waals surface area contributed by atoms with Crippen LogP contribution in [0.4, 0.5) is 9.18 Å². The molecule has 0 aromatic heterocycles. The zero-order chi connectivity index (χ0) is 23.9. The van der Waals surface area contributed by atoms with Crippen LogP contribution in [0.2, 0.25) is 0 Å². The minimum atomic E-state index is -4.11. The normalized spacial score (nSPS) is 24.1. The number of allylic oxidation sites excluding steroid dienone is 4. The highest BCUT2D eigenvalue weighted by molar-refractivity contribution is 9.10. The van der Waals surface area contributed by atoms with Gasteiger partial charge in [0.05, 0.1) is 16.8 Å². The summed E-state index contributed by atoms with van der Waals surface area (Å²) in [5.41, 5.74) is 0.854. The zero-order valence-electron chi connectivity index (χ0n) is 18.8. The number of fused-ring (bicyclic) bond motifs is 3. The molecule has 32 heavy (non-hydrogen) atoms. The van der Waals surface area contributed by atoms with E-state index in [2.05, 4.69) is 22.5 Å². The molecule has 1 aliphatic heterocycles. The van der Waals surface area contributed by atoms with Crippen molar-refractivity contribution in [2.45, 2.75) is 63.3 Å². The first-order valence-electron chi connectivity index (χ1n) is 10.5. The Bertz CT molecular complexity index is 1100. The van der Waals surface area contributed by atoms with E-state index >= 15 is 0 Å². The van der Waals surface area contributed by atoms with Gasteiger partial charge in [-0.1, -0.05) is 34.7 Å². The maximum atomic E-state index is 14.2. The van der Waals surface area contributed by atoms with Crippen molar-refractivity contribution < 1.29 is 22.3 Å².